The van der Waals surface area contributed by atoms with Gasteiger partial charge in [0.25, 0.3) is 0 Å². The van der Waals surface area contributed by atoms with Crippen molar-refractivity contribution in [1.82, 2.24) is 0 Å². The molecule has 0 bridgehead atoms. The summed E-state index contributed by atoms with van der Waals surface area (Å²) < 4.78 is 0. The maximum Gasteiger partial charge on any atom is 0.336 e. The van der Waals surface area contributed by atoms with Gasteiger partial charge in [0.1, 0.15) is 0 Å². The molecule has 1 aromatic rings. The quantitative estimate of drug-likeness (QED) is 0.804. The van der Waals surface area contributed by atoms with Crippen LogP contribution in [0.3, 0.4) is 0 Å². The average Bonchev–Trinajstić information content (AvgIpc) is 2.14. The predicted molar refractivity (Wildman–Crippen MR) is 59.5 cm³/mol. The van der Waals surface area contributed by atoms with Crippen LogP contribution in [-0.4, -0.2) is 24.2 Å². The average molecular weight is 205 g/mol. The Bertz CT molecular complexity index is 395. The molecule has 1 aliphatic heterocycles. The van der Waals surface area contributed by atoms with Gasteiger partial charge in [-0.1, -0.05) is 13.0 Å². The highest BCUT2D eigenvalue weighted by Crippen LogP contribution is 2.26. The van der Waals surface area contributed by atoms with Crippen molar-refractivity contribution in [3.05, 3.63) is 29.3 Å². The minimum atomic E-state index is -0.845. The first-order valence-corrected chi connectivity index (χ1v) is 5.17. The van der Waals surface area contributed by atoms with E-state index in [2.05, 4.69) is 11.8 Å². The lowest BCUT2D eigenvalue weighted by atomic mass is 10.00. The van der Waals surface area contributed by atoms with Gasteiger partial charge in [-0.05, 0) is 30.5 Å². The van der Waals surface area contributed by atoms with E-state index in [0.717, 1.165) is 30.3 Å². The van der Waals surface area contributed by atoms with Crippen molar-refractivity contribution in [2.24, 2.45) is 5.92 Å². The Kier molecular flexibility index (Phi) is 2.39. The van der Waals surface area contributed by atoms with Gasteiger partial charge < -0.3 is 10.0 Å². The number of nitrogens with zero attached hydrogens (tertiary/aromatic N) is 1. The monoisotopic (exact) mass is 205 g/mol. The second-order valence-electron chi connectivity index (χ2n) is 4.31. The molecule has 1 heterocycles. The van der Waals surface area contributed by atoms with Gasteiger partial charge in [0, 0.05) is 18.8 Å². The SMILES string of the molecule is Cc1ccc(N2CC(C)C2)cc1C(=O)O. The van der Waals surface area contributed by atoms with Gasteiger partial charge in [-0.3, -0.25) is 0 Å². The largest absolute Gasteiger partial charge is 0.478 e. The van der Waals surface area contributed by atoms with Gasteiger partial charge in [-0.15, -0.1) is 0 Å². The molecule has 1 fully saturated rings. The fourth-order valence-electron chi connectivity index (χ4n) is 1.95. The Morgan fingerprint density at radius 1 is 1.47 bits per heavy atom. The molecule has 1 aliphatic rings. The summed E-state index contributed by atoms with van der Waals surface area (Å²) in [5.74, 6) is -0.123. The number of aryl methyl sites for hydroxylation is 1. The first-order chi connectivity index (χ1) is 7.08. The molecule has 0 aromatic heterocycles. The molecule has 1 saturated heterocycles. The highest BCUT2D eigenvalue weighted by Gasteiger charge is 2.23. The van der Waals surface area contributed by atoms with E-state index in [1.54, 1.807) is 6.07 Å². The van der Waals surface area contributed by atoms with Crippen LogP contribution in [0, 0.1) is 12.8 Å². The van der Waals surface area contributed by atoms with Crippen molar-refractivity contribution in [3.63, 3.8) is 0 Å². The smallest absolute Gasteiger partial charge is 0.336 e. The van der Waals surface area contributed by atoms with Crippen molar-refractivity contribution in [2.45, 2.75) is 13.8 Å². The van der Waals surface area contributed by atoms with Gasteiger partial charge in [0.15, 0.2) is 0 Å². The van der Waals surface area contributed by atoms with Gasteiger partial charge in [-0.25, -0.2) is 4.79 Å². The maximum absolute atomic E-state index is 10.9. The number of aromatic carboxylic acids is 1. The van der Waals surface area contributed by atoms with Crippen molar-refractivity contribution in [1.29, 1.82) is 0 Å². The van der Waals surface area contributed by atoms with Crippen molar-refractivity contribution < 1.29 is 9.90 Å². The number of carboxylic acids is 1. The lowest BCUT2D eigenvalue weighted by molar-refractivity contribution is 0.0696. The van der Waals surface area contributed by atoms with Crippen LogP contribution in [0.5, 0.6) is 0 Å². The zero-order valence-electron chi connectivity index (χ0n) is 9.03. The van der Waals surface area contributed by atoms with E-state index in [9.17, 15) is 4.79 Å². The zero-order valence-corrected chi connectivity index (χ0v) is 9.03. The fraction of sp³-hybridized carbons (Fsp3) is 0.417. The second kappa shape index (κ2) is 3.57. The third-order valence-corrected chi connectivity index (χ3v) is 2.88. The zero-order chi connectivity index (χ0) is 11.0. The van der Waals surface area contributed by atoms with Crippen LogP contribution in [0.1, 0.15) is 22.8 Å². The van der Waals surface area contributed by atoms with E-state index in [1.807, 2.05) is 19.1 Å². The minimum Gasteiger partial charge on any atom is -0.478 e. The predicted octanol–water partition coefficient (Wildman–Crippen LogP) is 2.15. The number of benzene rings is 1. The molecule has 1 N–H and O–H groups in total. The van der Waals surface area contributed by atoms with E-state index >= 15 is 0 Å². The second-order valence-corrected chi connectivity index (χ2v) is 4.31. The Labute approximate surface area is 89.3 Å². The molecule has 0 saturated carbocycles. The van der Waals surface area contributed by atoms with Crippen LogP contribution in [0.4, 0.5) is 5.69 Å². The molecular formula is C12H15NO2. The molecule has 0 amide bonds. The fourth-order valence-corrected chi connectivity index (χ4v) is 1.95. The van der Waals surface area contributed by atoms with Gasteiger partial charge in [0.2, 0.25) is 0 Å². The van der Waals surface area contributed by atoms with E-state index in [-0.39, 0.29) is 0 Å². The van der Waals surface area contributed by atoms with Crippen LogP contribution in [0.25, 0.3) is 0 Å². The molecule has 0 atom stereocenters. The Hall–Kier alpha value is -1.51. The standard InChI is InChI=1S/C12H15NO2/c1-8-6-13(7-8)10-4-3-9(2)11(5-10)12(14)15/h3-5,8H,6-7H2,1-2H3,(H,14,15). The van der Waals surface area contributed by atoms with E-state index in [4.69, 9.17) is 5.11 Å². The van der Waals surface area contributed by atoms with Crippen molar-refractivity contribution in [3.8, 4) is 0 Å². The van der Waals surface area contributed by atoms with Crippen molar-refractivity contribution >= 4 is 11.7 Å². The summed E-state index contributed by atoms with van der Waals surface area (Å²) in [5.41, 5.74) is 2.25. The molecule has 0 spiro atoms. The summed E-state index contributed by atoms with van der Waals surface area (Å²) >= 11 is 0. The molecule has 0 aliphatic carbocycles. The number of carboxylic acid groups (broad SMARTS) is 1. The van der Waals surface area contributed by atoms with Gasteiger partial charge in [0.05, 0.1) is 5.56 Å². The third kappa shape index (κ3) is 1.82. The number of anilines is 1. The molecule has 0 unspecified atom stereocenters. The van der Waals surface area contributed by atoms with Crippen LogP contribution in [-0.2, 0) is 0 Å². The molecule has 15 heavy (non-hydrogen) atoms. The highest BCUT2D eigenvalue weighted by atomic mass is 16.4. The number of carbonyl (C=O) groups is 1. The summed E-state index contributed by atoms with van der Waals surface area (Å²) in [4.78, 5) is 13.2. The number of hydrogen-bond acceptors (Lipinski definition) is 2. The van der Waals surface area contributed by atoms with Crippen LogP contribution < -0.4 is 4.90 Å². The van der Waals surface area contributed by atoms with Crippen LogP contribution in [0.15, 0.2) is 18.2 Å². The maximum atomic E-state index is 10.9. The van der Waals surface area contributed by atoms with Gasteiger partial charge in [-0.2, -0.15) is 0 Å². The normalized spacial score (nSPS) is 16.3. The third-order valence-electron chi connectivity index (χ3n) is 2.88. The number of rotatable bonds is 2. The molecule has 1 aromatic carbocycles. The molecule has 3 nitrogen and oxygen atoms in total. The lowest BCUT2D eigenvalue weighted by Crippen LogP contribution is -2.45. The van der Waals surface area contributed by atoms with Crippen LogP contribution >= 0.6 is 0 Å². The molecule has 80 valence electrons. The van der Waals surface area contributed by atoms with Crippen molar-refractivity contribution in [2.75, 3.05) is 18.0 Å². The first kappa shape index (κ1) is 10.0. The Morgan fingerprint density at radius 2 is 2.13 bits per heavy atom. The Morgan fingerprint density at radius 3 is 2.67 bits per heavy atom. The Balaban J connectivity index is 2.27. The summed E-state index contributed by atoms with van der Waals surface area (Å²) in [6.45, 7) is 6.08. The molecule has 0 radical (unpaired) electrons. The highest BCUT2D eigenvalue weighted by molar-refractivity contribution is 5.90. The summed E-state index contributed by atoms with van der Waals surface area (Å²) in [6, 6.07) is 5.64. The van der Waals surface area contributed by atoms with E-state index in [1.165, 1.54) is 0 Å². The van der Waals surface area contributed by atoms with Gasteiger partial charge >= 0.3 is 5.97 Å². The summed E-state index contributed by atoms with van der Waals surface area (Å²) in [7, 11) is 0. The lowest BCUT2D eigenvalue weighted by Gasteiger charge is -2.39. The van der Waals surface area contributed by atoms with E-state index in [0.29, 0.717) is 5.56 Å². The molecular weight excluding hydrogens is 190 g/mol. The molecule has 3 heteroatoms. The first-order valence-electron chi connectivity index (χ1n) is 5.17. The topological polar surface area (TPSA) is 40.5 Å². The van der Waals surface area contributed by atoms with E-state index < -0.39 is 5.97 Å². The van der Waals surface area contributed by atoms with Crippen LogP contribution in [0.2, 0.25) is 0 Å². The minimum absolute atomic E-state index is 0.409. The molecule has 2 rings (SSSR count). The summed E-state index contributed by atoms with van der Waals surface area (Å²) in [6.07, 6.45) is 0. The summed E-state index contributed by atoms with van der Waals surface area (Å²) in [5, 5.41) is 9.00. The number of hydrogen-bond donors (Lipinski definition) is 1.